The van der Waals surface area contributed by atoms with Gasteiger partial charge in [0.2, 0.25) is 0 Å². The van der Waals surface area contributed by atoms with Gasteiger partial charge < -0.3 is 15.0 Å². The molecular weight excluding hydrogens is 250 g/mol. The number of ether oxygens (including phenoxy) is 1. The Morgan fingerprint density at radius 3 is 2.90 bits per heavy atom. The Morgan fingerprint density at radius 2 is 2.05 bits per heavy atom. The van der Waals surface area contributed by atoms with Gasteiger partial charge in [-0.25, -0.2) is 0 Å². The minimum absolute atomic E-state index is 0.891. The van der Waals surface area contributed by atoms with Crippen molar-refractivity contribution < 1.29 is 4.74 Å². The Labute approximate surface area is 120 Å². The lowest BCUT2D eigenvalue weighted by atomic mass is 10.2. The number of hydrogen-bond donors (Lipinski definition) is 2. The normalized spacial score (nSPS) is 16.8. The molecule has 0 aliphatic carbocycles. The van der Waals surface area contributed by atoms with Crippen LogP contribution in [0.25, 0.3) is 10.9 Å². The summed E-state index contributed by atoms with van der Waals surface area (Å²) >= 11 is 0. The third-order valence-corrected chi connectivity index (χ3v) is 3.83. The van der Waals surface area contributed by atoms with Gasteiger partial charge in [-0.2, -0.15) is 0 Å². The summed E-state index contributed by atoms with van der Waals surface area (Å²) in [6.07, 6.45) is 1.19. The van der Waals surface area contributed by atoms with Crippen molar-refractivity contribution >= 4 is 10.9 Å². The number of hydrogen-bond acceptors (Lipinski definition) is 3. The van der Waals surface area contributed by atoms with Crippen LogP contribution in [0.4, 0.5) is 0 Å². The number of H-pyrrole nitrogens is 1. The first-order chi connectivity index (χ1) is 9.92. The molecule has 0 atom stereocenters. The number of benzene rings is 1. The second kappa shape index (κ2) is 6.88. The number of nitrogens with one attached hydrogen (secondary N) is 2. The van der Waals surface area contributed by atoms with Crippen LogP contribution in [0, 0.1) is 0 Å². The highest BCUT2D eigenvalue weighted by Gasteiger charge is 2.08. The first-order valence-electron chi connectivity index (χ1n) is 7.49. The molecule has 1 aliphatic rings. The Kier molecular flexibility index (Phi) is 4.69. The molecule has 1 aliphatic heterocycles. The average molecular weight is 273 g/mol. The van der Waals surface area contributed by atoms with Gasteiger partial charge in [0.1, 0.15) is 0 Å². The highest BCUT2D eigenvalue weighted by molar-refractivity contribution is 5.80. The standard InChI is InChI=1S/C16H23N3O/c1-2-5-16-14(4-1)12-15(18-16)13-17-6-3-7-19-8-10-20-11-9-19/h1-2,4-5,12,17-18H,3,6-11,13H2. The van der Waals surface area contributed by atoms with Crippen LogP contribution in [-0.2, 0) is 11.3 Å². The summed E-state index contributed by atoms with van der Waals surface area (Å²) in [5.41, 5.74) is 2.48. The molecule has 0 unspecified atom stereocenters. The largest absolute Gasteiger partial charge is 0.379 e. The van der Waals surface area contributed by atoms with E-state index < -0.39 is 0 Å². The van der Waals surface area contributed by atoms with E-state index in [2.05, 4.69) is 45.5 Å². The van der Waals surface area contributed by atoms with E-state index in [-0.39, 0.29) is 0 Å². The average Bonchev–Trinajstić information content (AvgIpc) is 2.90. The maximum absolute atomic E-state index is 5.35. The Balaban J connectivity index is 1.37. The van der Waals surface area contributed by atoms with E-state index in [0.717, 1.165) is 39.4 Å². The third kappa shape index (κ3) is 3.60. The summed E-state index contributed by atoms with van der Waals surface area (Å²) in [4.78, 5) is 5.93. The van der Waals surface area contributed by atoms with Gasteiger partial charge in [-0.05, 0) is 37.0 Å². The van der Waals surface area contributed by atoms with Crippen molar-refractivity contribution in [2.45, 2.75) is 13.0 Å². The topological polar surface area (TPSA) is 40.3 Å². The molecular formula is C16H23N3O. The monoisotopic (exact) mass is 273 g/mol. The molecule has 0 bridgehead atoms. The van der Waals surface area contributed by atoms with Gasteiger partial charge in [0, 0.05) is 30.8 Å². The quantitative estimate of drug-likeness (QED) is 0.791. The van der Waals surface area contributed by atoms with E-state index in [1.807, 2.05) is 0 Å². The molecule has 108 valence electrons. The first kappa shape index (κ1) is 13.6. The van der Waals surface area contributed by atoms with E-state index in [9.17, 15) is 0 Å². The zero-order valence-electron chi connectivity index (χ0n) is 11.9. The minimum atomic E-state index is 0.891. The lowest BCUT2D eigenvalue weighted by molar-refractivity contribution is 0.0374. The zero-order valence-corrected chi connectivity index (χ0v) is 11.9. The van der Waals surface area contributed by atoms with E-state index in [0.29, 0.717) is 0 Å². The molecule has 1 aromatic heterocycles. The van der Waals surface area contributed by atoms with Gasteiger partial charge in [-0.1, -0.05) is 18.2 Å². The number of fused-ring (bicyclic) bond motifs is 1. The maximum atomic E-state index is 5.35. The number of nitrogens with zero attached hydrogens (tertiary/aromatic N) is 1. The van der Waals surface area contributed by atoms with E-state index in [4.69, 9.17) is 4.74 Å². The van der Waals surface area contributed by atoms with Crippen molar-refractivity contribution in [1.29, 1.82) is 0 Å². The van der Waals surface area contributed by atoms with E-state index in [1.165, 1.54) is 29.6 Å². The Bertz CT molecular complexity index is 498. The summed E-state index contributed by atoms with van der Waals surface area (Å²) in [6.45, 7) is 7.10. The molecule has 0 spiro atoms. The lowest BCUT2D eigenvalue weighted by Crippen LogP contribution is -2.37. The van der Waals surface area contributed by atoms with Crippen LogP contribution < -0.4 is 5.32 Å². The Hall–Kier alpha value is -1.36. The molecule has 0 amide bonds. The Morgan fingerprint density at radius 1 is 1.20 bits per heavy atom. The van der Waals surface area contributed by atoms with Gasteiger partial charge in [0.25, 0.3) is 0 Å². The maximum Gasteiger partial charge on any atom is 0.0594 e. The molecule has 3 rings (SSSR count). The van der Waals surface area contributed by atoms with Crippen LogP contribution in [0.2, 0.25) is 0 Å². The molecule has 0 saturated carbocycles. The predicted octanol–water partition coefficient (Wildman–Crippen LogP) is 1.98. The van der Waals surface area contributed by atoms with Crippen LogP contribution >= 0.6 is 0 Å². The molecule has 2 heterocycles. The fraction of sp³-hybridized carbons (Fsp3) is 0.500. The van der Waals surface area contributed by atoms with Gasteiger partial charge >= 0.3 is 0 Å². The van der Waals surface area contributed by atoms with Crippen LogP contribution in [0.3, 0.4) is 0 Å². The van der Waals surface area contributed by atoms with Crippen molar-refractivity contribution in [3.05, 3.63) is 36.0 Å². The van der Waals surface area contributed by atoms with E-state index in [1.54, 1.807) is 0 Å². The minimum Gasteiger partial charge on any atom is -0.379 e. The summed E-state index contributed by atoms with van der Waals surface area (Å²) < 4.78 is 5.35. The summed E-state index contributed by atoms with van der Waals surface area (Å²) in [5.74, 6) is 0. The van der Waals surface area contributed by atoms with Gasteiger partial charge in [0.05, 0.1) is 13.2 Å². The molecule has 4 nitrogen and oxygen atoms in total. The van der Waals surface area contributed by atoms with Crippen LogP contribution in [0.5, 0.6) is 0 Å². The third-order valence-electron chi connectivity index (χ3n) is 3.83. The number of aromatic nitrogens is 1. The number of para-hydroxylation sites is 1. The molecule has 0 radical (unpaired) electrons. The zero-order chi connectivity index (χ0) is 13.6. The summed E-state index contributed by atoms with van der Waals surface area (Å²) in [5, 5.41) is 4.80. The van der Waals surface area contributed by atoms with Crippen LogP contribution in [0.1, 0.15) is 12.1 Å². The second-order valence-electron chi connectivity index (χ2n) is 5.37. The lowest BCUT2D eigenvalue weighted by Gasteiger charge is -2.26. The van der Waals surface area contributed by atoms with Crippen LogP contribution in [-0.4, -0.2) is 49.3 Å². The molecule has 1 fully saturated rings. The first-order valence-corrected chi connectivity index (χ1v) is 7.49. The molecule has 2 aromatic rings. The molecule has 4 heteroatoms. The van der Waals surface area contributed by atoms with E-state index >= 15 is 0 Å². The number of rotatable bonds is 6. The van der Waals surface area contributed by atoms with Crippen molar-refractivity contribution in [3.8, 4) is 0 Å². The van der Waals surface area contributed by atoms with Gasteiger partial charge in [-0.15, -0.1) is 0 Å². The van der Waals surface area contributed by atoms with Crippen molar-refractivity contribution in [1.82, 2.24) is 15.2 Å². The van der Waals surface area contributed by atoms with Crippen LogP contribution in [0.15, 0.2) is 30.3 Å². The summed E-state index contributed by atoms with van der Waals surface area (Å²) in [6, 6.07) is 10.6. The SMILES string of the molecule is c1ccc2[nH]c(CNCCCN3CCOCC3)cc2c1. The molecule has 1 aromatic carbocycles. The predicted molar refractivity (Wildman–Crippen MR) is 81.9 cm³/mol. The number of aromatic amines is 1. The number of morpholine rings is 1. The van der Waals surface area contributed by atoms with Gasteiger partial charge in [0.15, 0.2) is 0 Å². The highest BCUT2D eigenvalue weighted by atomic mass is 16.5. The molecule has 2 N–H and O–H groups in total. The summed E-state index contributed by atoms with van der Waals surface area (Å²) in [7, 11) is 0. The van der Waals surface area contributed by atoms with Crippen molar-refractivity contribution in [2.24, 2.45) is 0 Å². The van der Waals surface area contributed by atoms with Gasteiger partial charge in [-0.3, -0.25) is 4.90 Å². The fourth-order valence-electron chi connectivity index (χ4n) is 2.70. The fourth-order valence-corrected chi connectivity index (χ4v) is 2.70. The van der Waals surface area contributed by atoms with Crippen molar-refractivity contribution in [2.75, 3.05) is 39.4 Å². The smallest absolute Gasteiger partial charge is 0.0594 e. The second-order valence-corrected chi connectivity index (χ2v) is 5.37. The highest BCUT2D eigenvalue weighted by Crippen LogP contribution is 2.14. The molecule has 1 saturated heterocycles. The molecule has 20 heavy (non-hydrogen) atoms. The van der Waals surface area contributed by atoms with Crippen molar-refractivity contribution in [3.63, 3.8) is 0 Å².